The summed E-state index contributed by atoms with van der Waals surface area (Å²) in [4.78, 5) is 11.9. The molecule has 92 valence electrons. The third-order valence-electron chi connectivity index (χ3n) is 2.52. The Bertz CT molecular complexity index is 517. The second kappa shape index (κ2) is 4.46. The molecule has 1 fully saturated rings. The van der Waals surface area contributed by atoms with Crippen LogP contribution in [0.1, 0.15) is 10.4 Å². The average Bonchev–Trinajstić information content (AvgIpc) is 2.22. The van der Waals surface area contributed by atoms with Crippen LogP contribution in [-0.4, -0.2) is 39.8 Å². The molecule has 1 aromatic rings. The quantitative estimate of drug-likeness (QED) is 0.838. The molecule has 1 aromatic carbocycles. The van der Waals surface area contributed by atoms with Crippen LogP contribution in [0.25, 0.3) is 0 Å². The zero-order chi connectivity index (χ0) is 12.5. The number of rotatable bonds is 3. The van der Waals surface area contributed by atoms with Gasteiger partial charge in [-0.25, -0.2) is 8.42 Å². The highest BCUT2D eigenvalue weighted by Gasteiger charge is 2.21. The SMILES string of the molecule is CS(=O)(=O)c1ccc(C(=O)NC2COC2)cc1. The number of ether oxygens (including phenoxy) is 1. The molecule has 0 saturated carbocycles. The van der Waals surface area contributed by atoms with E-state index in [1.165, 1.54) is 24.3 Å². The number of hydrogen-bond acceptors (Lipinski definition) is 4. The average molecular weight is 255 g/mol. The van der Waals surface area contributed by atoms with Crippen LogP contribution >= 0.6 is 0 Å². The normalized spacial score (nSPS) is 16.3. The van der Waals surface area contributed by atoms with Crippen LogP contribution in [0.15, 0.2) is 29.2 Å². The molecule has 6 heteroatoms. The Kier molecular flexibility index (Phi) is 3.17. The minimum absolute atomic E-state index is 0.0667. The van der Waals surface area contributed by atoms with Crippen LogP contribution < -0.4 is 5.32 Å². The topological polar surface area (TPSA) is 72.5 Å². The lowest BCUT2D eigenvalue weighted by Crippen LogP contribution is -2.48. The molecule has 0 aliphatic carbocycles. The zero-order valence-electron chi connectivity index (χ0n) is 9.34. The van der Waals surface area contributed by atoms with E-state index < -0.39 is 9.84 Å². The van der Waals surface area contributed by atoms with Crippen LogP contribution in [0.4, 0.5) is 0 Å². The van der Waals surface area contributed by atoms with E-state index in [1.807, 2.05) is 0 Å². The molecule has 17 heavy (non-hydrogen) atoms. The van der Waals surface area contributed by atoms with Crippen molar-refractivity contribution in [3.63, 3.8) is 0 Å². The highest BCUT2D eigenvalue weighted by atomic mass is 32.2. The number of hydrogen-bond donors (Lipinski definition) is 1. The van der Waals surface area contributed by atoms with Crippen LogP contribution in [0, 0.1) is 0 Å². The lowest BCUT2D eigenvalue weighted by Gasteiger charge is -2.26. The van der Waals surface area contributed by atoms with E-state index in [-0.39, 0.29) is 16.8 Å². The van der Waals surface area contributed by atoms with Gasteiger partial charge in [0.05, 0.1) is 24.2 Å². The molecule has 0 atom stereocenters. The predicted molar refractivity (Wildman–Crippen MR) is 61.6 cm³/mol. The number of benzene rings is 1. The maximum atomic E-state index is 11.7. The zero-order valence-corrected chi connectivity index (χ0v) is 10.2. The largest absolute Gasteiger partial charge is 0.377 e. The first kappa shape index (κ1) is 12.1. The maximum absolute atomic E-state index is 11.7. The van der Waals surface area contributed by atoms with E-state index >= 15 is 0 Å². The van der Waals surface area contributed by atoms with Gasteiger partial charge in [0.2, 0.25) is 0 Å². The number of nitrogens with one attached hydrogen (secondary N) is 1. The van der Waals surface area contributed by atoms with Gasteiger partial charge in [-0.2, -0.15) is 0 Å². The molecule has 1 heterocycles. The van der Waals surface area contributed by atoms with E-state index in [9.17, 15) is 13.2 Å². The third kappa shape index (κ3) is 2.83. The minimum Gasteiger partial charge on any atom is -0.377 e. The smallest absolute Gasteiger partial charge is 0.251 e. The second-order valence-electron chi connectivity index (χ2n) is 4.00. The first-order chi connectivity index (χ1) is 7.97. The summed E-state index contributed by atoms with van der Waals surface area (Å²) in [6.45, 7) is 1.07. The Hall–Kier alpha value is -1.40. The van der Waals surface area contributed by atoms with E-state index in [0.29, 0.717) is 18.8 Å². The second-order valence-corrected chi connectivity index (χ2v) is 6.02. The van der Waals surface area contributed by atoms with E-state index in [2.05, 4.69) is 5.32 Å². The van der Waals surface area contributed by atoms with Gasteiger partial charge < -0.3 is 10.1 Å². The van der Waals surface area contributed by atoms with Gasteiger partial charge >= 0.3 is 0 Å². The molecule has 1 N–H and O–H groups in total. The van der Waals surface area contributed by atoms with E-state index in [0.717, 1.165) is 6.26 Å². The molecule has 0 bridgehead atoms. The Labute approximate surface area is 99.7 Å². The summed E-state index contributed by atoms with van der Waals surface area (Å²) >= 11 is 0. The molecule has 0 radical (unpaired) electrons. The monoisotopic (exact) mass is 255 g/mol. The van der Waals surface area contributed by atoms with Crippen LogP contribution in [-0.2, 0) is 14.6 Å². The Morgan fingerprint density at radius 1 is 1.29 bits per heavy atom. The summed E-state index contributed by atoms with van der Waals surface area (Å²) in [5.41, 5.74) is 0.448. The van der Waals surface area contributed by atoms with Gasteiger partial charge in [-0.1, -0.05) is 0 Å². The van der Waals surface area contributed by atoms with Gasteiger partial charge in [0.1, 0.15) is 0 Å². The van der Waals surface area contributed by atoms with Gasteiger partial charge in [0.15, 0.2) is 9.84 Å². The lowest BCUT2D eigenvalue weighted by molar-refractivity contribution is -0.00346. The molecule has 0 aromatic heterocycles. The van der Waals surface area contributed by atoms with Gasteiger partial charge in [0, 0.05) is 11.8 Å². The van der Waals surface area contributed by atoms with Crippen molar-refractivity contribution in [1.29, 1.82) is 0 Å². The first-order valence-electron chi connectivity index (χ1n) is 5.15. The number of sulfone groups is 1. The van der Waals surface area contributed by atoms with Crippen molar-refractivity contribution < 1.29 is 17.9 Å². The molecule has 0 spiro atoms. The maximum Gasteiger partial charge on any atom is 0.251 e. The van der Waals surface area contributed by atoms with Crippen molar-refractivity contribution >= 4 is 15.7 Å². The van der Waals surface area contributed by atoms with Crippen LogP contribution in [0.5, 0.6) is 0 Å². The summed E-state index contributed by atoms with van der Waals surface area (Å²) in [7, 11) is -3.21. The summed E-state index contributed by atoms with van der Waals surface area (Å²) in [5, 5.41) is 2.78. The molecule has 1 saturated heterocycles. The highest BCUT2D eigenvalue weighted by molar-refractivity contribution is 7.90. The van der Waals surface area contributed by atoms with Crippen molar-refractivity contribution in [3.8, 4) is 0 Å². The number of carbonyl (C=O) groups excluding carboxylic acids is 1. The Morgan fingerprint density at radius 3 is 2.29 bits per heavy atom. The van der Waals surface area contributed by atoms with Crippen molar-refractivity contribution in [3.05, 3.63) is 29.8 Å². The third-order valence-corrected chi connectivity index (χ3v) is 3.65. The summed E-state index contributed by atoms with van der Waals surface area (Å²) in [6.07, 6.45) is 1.13. The van der Waals surface area contributed by atoms with Gasteiger partial charge in [-0.3, -0.25) is 4.79 Å². The Balaban J connectivity index is 2.09. The minimum atomic E-state index is -3.21. The molecular weight excluding hydrogens is 242 g/mol. The standard InChI is InChI=1S/C11H13NO4S/c1-17(14,15)10-4-2-8(3-5-10)11(13)12-9-6-16-7-9/h2-5,9H,6-7H2,1H3,(H,12,13). The van der Waals surface area contributed by atoms with E-state index in [4.69, 9.17) is 4.74 Å². The van der Waals surface area contributed by atoms with Crippen molar-refractivity contribution in [1.82, 2.24) is 5.32 Å². The molecular formula is C11H13NO4S. The van der Waals surface area contributed by atoms with Gasteiger partial charge in [-0.15, -0.1) is 0 Å². The molecule has 2 rings (SSSR count). The molecule has 5 nitrogen and oxygen atoms in total. The number of amides is 1. The molecule has 1 amide bonds. The number of carbonyl (C=O) groups is 1. The van der Waals surface area contributed by atoms with Gasteiger partial charge in [-0.05, 0) is 24.3 Å². The van der Waals surface area contributed by atoms with E-state index in [1.54, 1.807) is 0 Å². The fraction of sp³-hybridized carbons (Fsp3) is 0.364. The summed E-state index contributed by atoms with van der Waals surface area (Å²) in [6, 6.07) is 5.94. The van der Waals surface area contributed by atoms with Crippen LogP contribution in [0.2, 0.25) is 0 Å². The predicted octanol–water partition coefficient (Wildman–Crippen LogP) is 0.219. The first-order valence-corrected chi connectivity index (χ1v) is 7.05. The molecule has 1 aliphatic rings. The fourth-order valence-corrected chi connectivity index (χ4v) is 2.07. The molecule has 1 aliphatic heterocycles. The van der Waals surface area contributed by atoms with Crippen molar-refractivity contribution in [2.45, 2.75) is 10.9 Å². The molecule has 0 unspecified atom stereocenters. The lowest BCUT2D eigenvalue weighted by atomic mass is 10.2. The van der Waals surface area contributed by atoms with Crippen LogP contribution in [0.3, 0.4) is 0 Å². The summed E-state index contributed by atoms with van der Waals surface area (Å²) in [5.74, 6) is -0.210. The Morgan fingerprint density at radius 2 is 1.88 bits per heavy atom. The fourth-order valence-electron chi connectivity index (χ4n) is 1.44. The van der Waals surface area contributed by atoms with Gasteiger partial charge in [0.25, 0.3) is 5.91 Å². The summed E-state index contributed by atoms with van der Waals surface area (Å²) < 4.78 is 27.4. The van der Waals surface area contributed by atoms with Crippen molar-refractivity contribution in [2.75, 3.05) is 19.5 Å². The van der Waals surface area contributed by atoms with Crippen molar-refractivity contribution in [2.24, 2.45) is 0 Å². The highest BCUT2D eigenvalue weighted by Crippen LogP contribution is 2.11.